The van der Waals surface area contributed by atoms with Crippen LogP contribution < -0.4 is 0 Å². The fourth-order valence-corrected chi connectivity index (χ4v) is 1.65. The molecule has 0 bridgehead atoms. The molecule has 1 aliphatic rings. The van der Waals surface area contributed by atoms with Crippen molar-refractivity contribution in [2.24, 2.45) is 11.3 Å². The second-order valence-corrected chi connectivity index (χ2v) is 4.26. The van der Waals surface area contributed by atoms with Crippen LogP contribution in [-0.4, -0.2) is 13.2 Å². The quantitative estimate of drug-likeness (QED) is 0.597. The SMILES string of the molecule is CCC(C)(C)C1CCCOC1. The Labute approximate surface area is 70.1 Å². The van der Waals surface area contributed by atoms with Gasteiger partial charge in [-0.1, -0.05) is 27.2 Å². The van der Waals surface area contributed by atoms with Gasteiger partial charge in [0.1, 0.15) is 0 Å². The van der Waals surface area contributed by atoms with Gasteiger partial charge in [-0.3, -0.25) is 0 Å². The molecule has 1 saturated heterocycles. The molecular formula is C10H20O. The van der Waals surface area contributed by atoms with Crippen LogP contribution in [-0.2, 0) is 4.74 Å². The zero-order chi connectivity index (χ0) is 8.32. The van der Waals surface area contributed by atoms with Crippen LogP contribution >= 0.6 is 0 Å². The van der Waals surface area contributed by atoms with Crippen LogP contribution in [0, 0.1) is 11.3 Å². The van der Waals surface area contributed by atoms with Gasteiger partial charge >= 0.3 is 0 Å². The first-order chi connectivity index (χ1) is 5.17. The zero-order valence-corrected chi connectivity index (χ0v) is 8.02. The van der Waals surface area contributed by atoms with Crippen molar-refractivity contribution in [2.75, 3.05) is 13.2 Å². The summed E-state index contributed by atoms with van der Waals surface area (Å²) in [7, 11) is 0. The average molecular weight is 156 g/mol. The molecule has 11 heavy (non-hydrogen) atoms. The molecule has 66 valence electrons. The number of rotatable bonds is 2. The highest BCUT2D eigenvalue weighted by atomic mass is 16.5. The highest BCUT2D eigenvalue weighted by Gasteiger charge is 2.29. The topological polar surface area (TPSA) is 9.23 Å². The van der Waals surface area contributed by atoms with Crippen LogP contribution in [0.1, 0.15) is 40.0 Å². The second kappa shape index (κ2) is 3.57. The molecule has 0 N–H and O–H groups in total. The van der Waals surface area contributed by atoms with E-state index in [-0.39, 0.29) is 0 Å². The fourth-order valence-electron chi connectivity index (χ4n) is 1.65. The van der Waals surface area contributed by atoms with Crippen LogP contribution in [0.3, 0.4) is 0 Å². The summed E-state index contributed by atoms with van der Waals surface area (Å²) in [6, 6.07) is 0. The van der Waals surface area contributed by atoms with Crippen LogP contribution in [0.15, 0.2) is 0 Å². The third-order valence-electron chi connectivity index (χ3n) is 3.18. The molecule has 0 aromatic heterocycles. The predicted molar refractivity (Wildman–Crippen MR) is 47.6 cm³/mol. The maximum atomic E-state index is 5.47. The third kappa shape index (κ3) is 2.19. The van der Waals surface area contributed by atoms with Crippen molar-refractivity contribution >= 4 is 0 Å². The maximum absolute atomic E-state index is 5.47. The first-order valence-electron chi connectivity index (χ1n) is 4.74. The highest BCUT2D eigenvalue weighted by molar-refractivity contribution is 4.78. The molecule has 0 spiro atoms. The minimum Gasteiger partial charge on any atom is -0.381 e. The molecule has 0 amide bonds. The predicted octanol–water partition coefficient (Wildman–Crippen LogP) is 2.85. The minimum atomic E-state index is 0.487. The van der Waals surface area contributed by atoms with Crippen molar-refractivity contribution in [3.8, 4) is 0 Å². The zero-order valence-electron chi connectivity index (χ0n) is 8.02. The van der Waals surface area contributed by atoms with Crippen molar-refractivity contribution in [1.29, 1.82) is 0 Å². The van der Waals surface area contributed by atoms with Gasteiger partial charge in [0.15, 0.2) is 0 Å². The monoisotopic (exact) mass is 156 g/mol. The normalized spacial score (nSPS) is 27.0. The van der Waals surface area contributed by atoms with Gasteiger partial charge in [-0.25, -0.2) is 0 Å². The molecule has 1 heteroatoms. The molecule has 1 unspecified atom stereocenters. The Bertz CT molecular complexity index is 112. The molecule has 0 radical (unpaired) electrons. The summed E-state index contributed by atoms with van der Waals surface area (Å²) < 4.78 is 5.47. The first-order valence-corrected chi connectivity index (χ1v) is 4.74. The molecule has 1 aliphatic heterocycles. The van der Waals surface area contributed by atoms with Gasteiger partial charge in [-0.05, 0) is 24.2 Å². The minimum absolute atomic E-state index is 0.487. The third-order valence-corrected chi connectivity index (χ3v) is 3.18. The van der Waals surface area contributed by atoms with Crippen molar-refractivity contribution < 1.29 is 4.74 Å². The molecule has 0 aromatic rings. The maximum Gasteiger partial charge on any atom is 0.0499 e. The van der Waals surface area contributed by atoms with Crippen LogP contribution in [0.25, 0.3) is 0 Å². The van der Waals surface area contributed by atoms with Crippen molar-refractivity contribution in [3.63, 3.8) is 0 Å². The van der Waals surface area contributed by atoms with Crippen molar-refractivity contribution in [3.05, 3.63) is 0 Å². The summed E-state index contributed by atoms with van der Waals surface area (Å²) in [5.41, 5.74) is 0.487. The van der Waals surface area contributed by atoms with E-state index in [2.05, 4.69) is 20.8 Å². The number of hydrogen-bond acceptors (Lipinski definition) is 1. The molecular weight excluding hydrogens is 136 g/mol. The van der Waals surface area contributed by atoms with Crippen LogP contribution in [0.2, 0.25) is 0 Å². The average Bonchev–Trinajstić information content (AvgIpc) is 2.06. The van der Waals surface area contributed by atoms with Gasteiger partial charge in [-0.15, -0.1) is 0 Å². The van der Waals surface area contributed by atoms with Crippen LogP contribution in [0.4, 0.5) is 0 Å². The Morgan fingerprint density at radius 3 is 2.64 bits per heavy atom. The fraction of sp³-hybridized carbons (Fsp3) is 1.00. The lowest BCUT2D eigenvalue weighted by Crippen LogP contribution is -2.30. The Hall–Kier alpha value is -0.0400. The molecule has 1 fully saturated rings. The lowest BCUT2D eigenvalue weighted by Gasteiger charge is -2.35. The molecule has 0 aromatic carbocycles. The number of ether oxygens (including phenoxy) is 1. The van der Waals surface area contributed by atoms with E-state index in [1.54, 1.807) is 0 Å². The molecule has 1 atom stereocenters. The lowest BCUT2D eigenvalue weighted by atomic mass is 9.74. The van der Waals surface area contributed by atoms with E-state index in [1.165, 1.54) is 19.3 Å². The second-order valence-electron chi connectivity index (χ2n) is 4.26. The van der Waals surface area contributed by atoms with E-state index < -0.39 is 0 Å². The van der Waals surface area contributed by atoms with Crippen LogP contribution in [0.5, 0.6) is 0 Å². The van der Waals surface area contributed by atoms with Gasteiger partial charge in [0.25, 0.3) is 0 Å². The van der Waals surface area contributed by atoms with Gasteiger partial charge < -0.3 is 4.74 Å². The summed E-state index contributed by atoms with van der Waals surface area (Å²) in [6.45, 7) is 8.95. The van der Waals surface area contributed by atoms with Crippen molar-refractivity contribution in [1.82, 2.24) is 0 Å². The van der Waals surface area contributed by atoms with E-state index in [1.807, 2.05) is 0 Å². The smallest absolute Gasteiger partial charge is 0.0499 e. The first kappa shape index (κ1) is 9.05. The Morgan fingerprint density at radius 2 is 2.18 bits per heavy atom. The van der Waals surface area contributed by atoms with E-state index in [0.29, 0.717) is 5.41 Å². The van der Waals surface area contributed by atoms with Crippen molar-refractivity contribution in [2.45, 2.75) is 40.0 Å². The van der Waals surface area contributed by atoms with Gasteiger partial charge in [0.05, 0.1) is 0 Å². The molecule has 1 heterocycles. The van der Waals surface area contributed by atoms with E-state index >= 15 is 0 Å². The van der Waals surface area contributed by atoms with Gasteiger partial charge in [0, 0.05) is 13.2 Å². The van der Waals surface area contributed by atoms with E-state index in [0.717, 1.165) is 19.1 Å². The number of hydrogen-bond donors (Lipinski definition) is 0. The van der Waals surface area contributed by atoms with E-state index in [4.69, 9.17) is 4.74 Å². The Kier molecular flexibility index (Phi) is 2.94. The van der Waals surface area contributed by atoms with Gasteiger partial charge in [0.2, 0.25) is 0 Å². The Morgan fingerprint density at radius 1 is 1.45 bits per heavy atom. The summed E-state index contributed by atoms with van der Waals surface area (Å²) in [5, 5.41) is 0. The summed E-state index contributed by atoms with van der Waals surface area (Å²) >= 11 is 0. The summed E-state index contributed by atoms with van der Waals surface area (Å²) in [5.74, 6) is 0.793. The molecule has 1 nitrogen and oxygen atoms in total. The molecule has 0 aliphatic carbocycles. The lowest BCUT2D eigenvalue weighted by molar-refractivity contribution is 0.00254. The Balaban J connectivity index is 2.43. The molecule has 1 rings (SSSR count). The standard InChI is InChI=1S/C10H20O/c1-4-10(2,3)9-6-5-7-11-8-9/h9H,4-8H2,1-3H3. The molecule has 0 saturated carbocycles. The summed E-state index contributed by atoms with van der Waals surface area (Å²) in [4.78, 5) is 0. The summed E-state index contributed by atoms with van der Waals surface area (Å²) in [6.07, 6.45) is 3.88. The highest BCUT2D eigenvalue weighted by Crippen LogP contribution is 2.35. The van der Waals surface area contributed by atoms with Gasteiger partial charge in [-0.2, -0.15) is 0 Å². The van der Waals surface area contributed by atoms with E-state index in [9.17, 15) is 0 Å². The largest absolute Gasteiger partial charge is 0.381 e.